The van der Waals surface area contributed by atoms with E-state index in [1.54, 1.807) is 11.8 Å². The van der Waals surface area contributed by atoms with Gasteiger partial charge in [0.1, 0.15) is 5.75 Å². The number of anilines is 1. The second kappa shape index (κ2) is 7.29. The fourth-order valence-electron chi connectivity index (χ4n) is 2.66. The highest BCUT2D eigenvalue weighted by Crippen LogP contribution is 2.33. The van der Waals surface area contributed by atoms with Crippen LogP contribution in [-0.2, 0) is 9.59 Å². The molecule has 0 spiro atoms. The van der Waals surface area contributed by atoms with Gasteiger partial charge in [0.15, 0.2) is 6.10 Å². The van der Waals surface area contributed by atoms with Gasteiger partial charge >= 0.3 is 0 Å². The minimum atomic E-state index is -0.517. The van der Waals surface area contributed by atoms with Crippen LogP contribution in [0, 0.1) is 0 Å². The maximum Gasteiger partial charge on any atom is 0.267 e. The molecule has 1 aromatic carbocycles. The lowest BCUT2D eigenvalue weighted by molar-refractivity contribution is -0.125. The Hall–Kier alpha value is -2.04. The summed E-state index contributed by atoms with van der Waals surface area (Å²) in [7, 11) is 0. The van der Waals surface area contributed by atoms with Crippen molar-refractivity contribution in [3.8, 4) is 5.75 Å². The lowest BCUT2D eigenvalue weighted by Gasteiger charge is -2.32. The summed E-state index contributed by atoms with van der Waals surface area (Å²) in [5, 5.41) is 2.96. The van der Waals surface area contributed by atoms with Crippen molar-refractivity contribution in [3.63, 3.8) is 0 Å². The molecule has 0 saturated carbocycles. The molecule has 0 bridgehead atoms. The number of ether oxygens (including phenoxy) is 1. The molecule has 0 radical (unpaired) electrons. The molecule has 1 aromatic rings. The first-order valence-electron chi connectivity index (χ1n) is 7.89. The summed E-state index contributed by atoms with van der Waals surface area (Å²) < 4.78 is 5.59. The zero-order valence-corrected chi connectivity index (χ0v) is 13.5. The van der Waals surface area contributed by atoms with Gasteiger partial charge in [-0.15, -0.1) is 0 Å². The number of nitrogens with zero attached hydrogens (tertiary/aromatic N) is 1. The van der Waals surface area contributed by atoms with Crippen molar-refractivity contribution in [1.82, 2.24) is 5.32 Å². The van der Waals surface area contributed by atoms with E-state index >= 15 is 0 Å². The number of para-hydroxylation sites is 2. The van der Waals surface area contributed by atoms with E-state index in [0.717, 1.165) is 18.5 Å². The molecular formula is C17H24N2O3. The Morgan fingerprint density at radius 3 is 2.86 bits per heavy atom. The molecule has 2 rings (SSSR count). The molecule has 0 aromatic heterocycles. The molecule has 1 N–H and O–H groups in total. The third kappa shape index (κ3) is 3.78. The Labute approximate surface area is 131 Å². The first-order valence-corrected chi connectivity index (χ1v) is 7.89. The van der Waals surface area contributed by atoms with Crippen molar-refractivity contribution in [3.05, 3.63) is 24.3 Å². The van der Waals surface area contributed by atoms with Crippen LogP contribution < -0.4 is 15.0 Å². The highest BCUT2D eigenvalue weighted by atomic mass is 16.5. The number of nitrogens with one attached hydrogen (secondary N) is 1. The van der Waals surface area contributed by atoms with E-state index < -0.39 is 6.10 Å². The number of hydrogen-bond acceptors (Lipinski definition) is 3. The summed E-state index contributed by atoms with van der Waals surface area (Å²) in [6.45, 7) is 6.19. The summed E-state index contributed by atoms with van der Waals surface area (Å²) in [5.41, 5.74) is 0.736. The van der Waals surface area contributed by atoms with Crippen molar-refractivity contribution in [2.45, 2.75) is 52.2 Å². The number of benzene rings is 1. The van der Waals surface area contributed by atoms with Crippen LogP contribution >= 0.6 is 0 Å². The highest BCUT2D eigenvalue weighted by molar-refractivity contribution is 6.00. The first kappa shape index (κ1) is 16.3. The smallest absolute Gasteiger partial charge is 0.267 e. The lowest BCUT2D eigenvalue weighted by atomic mass is 10.1. The van der Waals surface area contributed by atoms with Crippen LogP contribution in [0.15, 0.2) is 24.3 Å². The number of rotatable bonds is 6. The van der Waals surface area contributed by atoms with Crippen LogP contribution in [0.4, 0.5) is 5.69 Å². The third-order valence-electron chi connectivity index (χ3n) is 3.77. The summed E-state index contributed by atoms with van der Waals surface area (Å²) in [6, 6.07) is 7.59. The minimum absolute atomic E-state index is 0.0228. The lowest BCUT2D eigenvalue weighted by Crippen LogP contribution is -2.46. The average Bonchev–Trinajstić information content (AvgIpc) is 2.48. The van der Waals surface area contributed by atoms with E-state index in [2.05, 4.69) is 12.2 Å². The Bertz CT molecular complexity index is 544. The molecule has 0 aliphatic carbocycles. The molecule has 22 heavy (non-hydrogen) atoms. The zero-order valence-electron chi connectivity index (χ0n) is 13.5. The van der Waals surface area contributed by atoms with Crippen molar-refractivity contribution in [2.24, 2.45) is 0 Å². The molecule has 0 saturated heterocycles. The number of amides is 2. The third-order valence-corrected chi connectivity index (χ3v) is 3.77. The van der Waals surface area contributed by atoms with Crippen LogP contribution in [0.25, 0.3) is 0 Å². The van der Waals surface area contributed by atoms with Crippen LogP contribution in [0.3, 0.4) is 0 Å². The summed E-state index contributed by atoms with van der Waals surface area (Å²) in [6.07, 6.45) is 1.77. The summed E-state index contributed by atoms with van der Waals surface area (Å²) in [4.78, 5) is 25.9. The van der Waals surface area contributed by atoms with Crippen molar-refractivity contribution in [2.75, 3.05) is 11.4 Å². The number of fused-ring (bicyclic) bond motifs is 1. The normalized spacial score (nSPS) is 18.4. The number of carbonyl (C=O) groups excluding carboxylic acids is 2. The van der Waals surface area contributed by atoms with Crippen LogP contribution in [-0.4, -0.2) is 30.5 Å². The SMILES string of the molecule is CCCC(C)NC(=O)CCN1C(=O)C(C)Oc2ccccc21. The molecule has 0 fully saturated rings. The molecule has 2 unspecified atom stereocenters. The minimum Gasteiger partial charge on any atom is -0.479 e. The van der Waals surface area contributed by atoms with E-state index in [1.165, 1.54) is 0 Å². The van der Waals surface area contributed by atoms with Gasteiger partial charge in [-0.2, -0.15) is 0 Å². The van der Waals surface area contributed by atoms with Gasteiger partial charge < -0.3 is 15.0 Å². The molecule has 2 amide bonds. The largest absolute Gasteiger partial charge is 0.479 e. The Morgan fingerprint density at radius 1 is 1.41 bits per heavy atom. The molecular weight excluding hydrogens is 280 g/mol. The summed E-state index contributed by atoms with van der Waals surface area (Å²) in [5.74, 6) is 0.563. The molecule has 2 atom stereocenters. The number of carbonyl (C=O) groups is 2. The van der Waals surface area contributed by atoms with E-state index in [1.807, 2.05) is 31.2 Å². The molecule has 5 heteroatoms. The molecule has 1 heterocycles. The van der Waals surface area contributed by atoms with Crippen LogP contribution in [0.1, 0.15) is 40.0 Å². The average molecular weight is 304 g/mol. The van der Waals surface area contributed by atoms with Gasteiger partial charge in [0.05, 0.1) is 5.69 Å². The van der Waals surface area contributed by atoms with Gasteiger partial charge in [-0.05, 0) is 32.4 Å². The van der Waals surface area contributed by atoms with Gasteiger partial charge in [-0.1, -0.05) is 25.5 Å². The highest BCUT2D eigenvalue weighted by Gasteiger charge is 2.31. The monoisotopic (exact) mass is 304 g/mol. The van der Waals surface area contributed by atoms with Crippen molar-refractivity contribution < 1.29 is 14.3 Å². The molecule has 1 aliphatic heterocycles. The van der Waals surface area contributed by atoms with E-state index in [4.69, 9.17) is 4.74 Å². The van der Waals surface area contributed by atoms with Crippen molar-refractivity contribution in [1.29, 1.82) is 0 Å². The Morgan fingerprint density at radius 2 is 2.14 bits per heavy atom. The van der Waals surface area contributed by atoms with Crippen LogP contribution in [0.5, 0.6) is 5.75 Å². The molecule has 1 aliphatic rings. The molecule has 5 nitrogen and oxygen atoms in total. The fourth-order valence-corrected chi connectivity index (χ4v) is 2.66. The maximum absolute atomic E-state index is 12.3. The van der Waals surface area contributed by atoms with E-state index in [0.29, 0.717) is 18.7 Å². The number of hydrogen-bond donors (Lipinski definition) is 1. The topological polar surface area (TPSA) is 58.6 Å². The second-order valence-electron chi connectivity index (χ2n) is 5.72. The summed E-state index contributed by atoms with van der Waals surface area (Å²) >= 11 is 0. The standard InChI is InChI=1S/C17H24N2O3/c1-4-7-12(2)18-16(20)10-11-19-14-8-5-6-9-15(14)22-13(3)17(19)21/h5-6,8-9,12-13H,4,7,10-11H2,1-3H3,(H,18,20). The van der Waals surface area contributed by atoms with Gasteiger partial charge in [-0.25, -0.2) is 0 Å². The fraction of sp³-hybridized carbons (Fsp3) is 0.529. The van der Waals surface area contributed by atoms with E-state index in [-0.39, 0.29) is 17.9 Å². The van der Waals surface area contributed by atoms with Gasteiger partial charge in [0, 0.05) is 19.0 Å². The predicted octanol–water partition coefficient (Wildman–Crippen LogP) is 2.50. The molecule has 120 valence electrons. The second-order valence-corrected chi connectivity index (χ2v) is 5.72. The maximum atomic E-state index is 12.3. The predicted molar refractivity (Wildman–Crippen MR) is 86.0 cm³/mol. The van der Waals surface area contributed by atoms with Crippen LogP contribution in [0.2, 0.25) is 0 Å². The first-order chi connectivity index (χ1) is 10.5. The van der Waals surface area contributed by atoms with Gasteiger partial charge in [0.25, 0.3) is 5.91 Å². The van der Waals surface area contributed by atoms with Gasteiger partial charge in [-0.3, -0.25) is 9.59 Å². The quantitative estimate of drug-likeness (QED) is 0.878. The zero-order chi connectivity index (χ0) is 16.1. The van der Waals surface area contributed by atoms with Gasteiger partial charge in [0.2, 0.25) is 5.91 Å². The Kier molecular flexibility index (Phi) is 5.41. The van der Waals surface area contributed by atoms with Crippen molar-refractivity contribution >= 4 is 17.5 Å². The van der Waals surface area contributed by atoms with E-state index in [9.17, 15) is 9.59 Å². The Balaban J connectivity index is 1.99.